The van der Waals surface area contributed by atoms with Gasteiger partial charge in [0, 0.05) is 68.3 Å². The molecule has 1 aliphatic heterocycles. The summed E-state index contributed by atoms with van der Waals surface area (Å²) in [6.07, 6.45) is 2.89. The lowest BCUT2D eigenvalue weighted by atomic mass is 10.1. The molecule has 8 heteroatoms. The molecule has 0 spiro atoms. The van der Waals surface area contributed by atoms with Gasteiger partial charge in [0.15, 0.2) is 5.96 Å². The van der Waals surface area contributed by atoms with Gasteiger partial charge in [-0.1, -0.05) is 11.6 Å². The Morgan fingerprint density at radius 1 is 1.26 bits per heavy atom. The fourth-order valence-electron chi connectivity index (χ4n) is 3.30. The molecule has 1 aliphatic rings. The molecule has 0 radical (unpaired) electrons. The van der Waals surface area contributed by atoms with Crippen molar-refractivity contribution in [2.75, 3.05) is 39.3 Å². The molecule has 3 rings (SSSR count). The van der Waals surface area contributed by atoms with Gasteiger partial charge in [0.05, 0.1) is 0 Å². The van der Waals surface area contributed by atoms with Crippen molar-refractivity contribution in [3.05, 3.63) is 35.0 Å². The summed E-state index contributed by atoms with van der Waals surface area (Å²) in [5.74, 6) is 1.07. The van der Waals surface area contributed by atoms with Crippen LogP contribution in [0.3, 0.4) is 0 Å². The Labute approximate surface area is 182 Å². The van der Waals surface area contributed by atoms with E-state index in [1.165, 1.54) is 5.56 Å². The molecule has 6 nitrogen and oxygen atoms in total. The number of nitrogens with one attached hydrogen (secondary N) is 2. The molecule has 0 atom stereocenters. The molecule has 0 saturated carbocycles. The Kier molecular flexibility index (Phi) is 8.22. The zero-order valence-corrected chi connectivity index (χ0v) is 18.9. The SMILES string of the molecule is CCNC(=NCCc1c[nH]c2ccc(Cl)cc12)N1CCN(C(C)=O)CC1.I. The average molecular weight is 504 g/mol. The first-order chi connectivity index (χ1) is 12.6. The minimum atomic E-state index is 0. The Balaban J connectivity index is 0.00000261. The lowest BCUT2D eigenvalue weighted by molar-refractivity contribution is -0.130. The average Bonchev–Trinajstić information content (AvgIpc) is 3.03. The second-order valence-corrected chi connectivity index (χ2v) is 6.92. The van der Waals surface area contributed by atoms with E-state index in [2.05, 4.69) is 22.1 Å². The van der Waals surface area contributed by atoms with E-state index < -0.39 is 0 Å². The summed E-state index contributed by atoms with van der Waals surface area (Å²) in [4.78, 5) is 23.7. The minimum Gasteiger partial charge on any atom is -0.361 e. The van der Waals surface area contributed by atoms with E-state index in [1.54, 1.807) is 6.92 Å². The third kappa shape index (κ3) is 5.51. The van der Waals surface area contributed by atoms with Gasteiger partial charge in [0.25, 0.3) is 0 Å². The van der Waals surface area contributed by atoms with Gasteiger partial charge in [0.1, 0.15) is 0 Å². The molecule has 1 aromatic carbocycles. The number of aliphatic imine (C=N–C) groups is 1. The number of aromatic nitrogens is 1. The normalized spacial score (nSPS) is 15.0. The largest absolute Gasteiger partial charge is 0.361 e. The summed E-state index contributed by atoms with van der Waals surface area (Å²) < 4.78 is 0. The molecule has 1 fully saturated rings. The molecule has 1 amide bonds. The van der Waals surface area contributed by atoms with Gasteiger partial charge in [-0.05, 0) is 37.1 Å². The molecule has 1 saturated heterocycles. The van der Waals surface area contributed by atoms with Crippen LogP contribution in [0.2, 0.25) is 5.02 Å². The van der Waals surface area contributed by atoms with Gasteiger partial charge in [-0.3, -0.25) is 9.79 Å². The van der Waals surface area contributed by atoms with Gasteiger partial charge < -0.3 is 20.1 Å². The molecular weight excluding hydrogens is 477 g/mol. The highest BCUT2D eigenvalue weighted by atomic mass is 127. The van der Waals surface area contributed by atoms with Crippen LogP contribution in [0.25, 0.3) is 10.9 Å². The van der Waals surface area contributed by atoms with Gasteiger partial charge in [-0.25, -0.2) is 0 Å². The number of benzene rings is 1. The van der Waals surface area contributed by atoms with Crippen LogP contribution in [0, 0.1) is 0 Å². The molecule has 2 N–H and O–H groups in total. The van der Waals surface area contributed by atoms with Crippen molar-refractivity contribution in [3.8, 4) is 0 Å². The first-order valence-electron chi connectivity index (χ1n) is 9.12. The van der Waals surface area contributed by atoms with Crippen LogP contribution in [0.5, 0.6) is 0 Å². The van der Waals surface area contributed by atoms with E-state index in [0.717, 1.165) is 61.0 Å². The van der Waals surface area contributed by atoms with E-state index >= 15 is 0 Å². The number of nitrogens with zero attached hydrogens (tertiary/aromatic N) is 3. The molecule has 27 heavy (non-hydrogen) atoms. The smallest absolute Gasteiger partial charge is 0.219 e. The highest BCUT2D eigenvalue weighted by molar-refractivity contribution is 14.0. The second kappa shape index (κ2) is 10.2. The van der Waals surface area contributed by atoms with Crippen LogP contribution in [-0.2, 0) is 11.2 Å². The lowest BCUT2D eigenvalue weighted by Gasteiger charge is -2.36. The summed E-state index contributed by atoms with van der Waals surface area (Å²) in [5, 5.41) is 5.27. The van der Waals surface area contributed by atoms with Gasteiger partial charge >= 0.3 is 0 Å². The van der Waals surface area contributed by atoms with Gasteiger partial charge in [-0.15, -0.1) is 24.0 Å². The number of hydrogen-bond donors (Lipinski definition) is 2. The van der Waals surface area contributed by atoms with Crippen molar-refractivity contribution in [1.82, 2.24) is 20.1 Å². The van der Waals surface area contributed by atoms with Crippen molar-refractivity contribution in [3.63, 3.8) is 0 Å². The summed E-state index contributed by atoms with van der Waals surface area (Å²) in [6, 6.07) is 5.90. The maximum Gasteiger partial charge on any atom is 0.219 e. The Morgan fingerprint density at radius 3 is 2.63 bits per heavy atom. The summed E-state index contributed by atoms with van der Waals surface area (Å²) in [5.41, 5.74) is 2.32. The van der Waals surface area contributed by atoms with Gasteiger partial charge in [-0.2, -0.15) is 0 Å². The zero-order valence-electron chi connectivity index (χ0n) is 15.8. The Bertz CT molecular complexity index is 798. The maximum atomic E-state index is 11.5. The number of carbonyl (C=O) groups excluding carboxylic acids is 1. The summed E-state index contributed by atoms with van der Waals surface area (Å²) >= 11 is 6.12. The van der Waals surface area contributed by atoms with Crippen molar-refractivity contribution in [1.29, 1.82) is 0 Å². The topological polar surface area (TPSA) is 63.7 Å². The van der Waals surface area contributed by atoms with Crippen LogP contribution in [0.1, 0.15) is 19.4 Å². The van der Waals surface area contributed by atoms with Crippen LogP contribution in [-0.4, -0.2) is 65.9 Å². The molecule has 2 aromatic rings. The van der Waals surface area contributed by atoms with E-state index in [1.807, 2.05) is 29.3 Å². The number of halogens is 2. The van der Waals surface area contributed by atoms with Crippen molar-refractivity contribution in [2.24, 2.45) is 4.99 Å². The number of guanidine groups is 1. The number of piperazine rings is 1. The first-order valence-corrected chi connectivity index (χ1v) is 9.50. The van der Waals surface area contributed by atoms with Crippen LogP contribution < -0.4 is 5.32 Å². The monoisotopic (exact) mass is 503 g/mol. The number of carbonyl (C=O) groups is 1. The highest BCUT2D eigenvalue weighted by Crippen LogP contribution is 2.22. The Hall–Kier alpha value is -1.48. The molecule has 148 valence electrons. The zero-order chi connectivity index (χ0) is 18.5. The maximum absolute atomic E-state index is 11.5. The number of fused-ring (bicyclic) bond motifs is 1. The number of amides is 1. The first kappa shape index (κ1) is 21.8. The van der Waals surface area contributed by atoms with E-state index in [9.17, 15) is 4.79 Å². The molecule has 1 aromatic heterocycles. The molecule has 2 heterocycles. The number of rotatable bonds is 4. The van der Waals surface area contributed by atoms with Crippen LogP contribution >= 0.6 is 35.6 Å². The standard InChI is InChI=1S/C19H26ClN5O.HI/c1-3-21-19(25-10-8-24(9-11-25)14(2)26)22-7-6-15-13-23-18-5-4-16(20)12-17(15)18;/h4-5,12-13,23H,3,6-11H2,1-2H3,(H,21,22);1H. The fraction of sp³-hybridized carbons (Fsp3) is 0.474. The molecule has 0 aliphatic carbocycles. The van der Waals surface area contributed by atoms with Crippen molar-refractivity contribution < 1.29 is 4.79 Å². The van der Waals surface area contributed by atoms with E-state index in [0.29, 0.717) is 6.54 Å². The lowest BCUT2D eigenvalue weighted by Crippen LogP contribution is -2.53. The second-order valence-electron chi connectivity index (χ2n) is 6.48. The minimum absolute atomic E-state index is 0. The van der Waals surface area contributed by atoms with Crippen molar-refractivity contribution in [2.45, 2.75) is 20.3 Å². The quantitative estimate of drug-likeness (QED) is 0.383. The predicted molar refractivity (Wildman–Crippen MR) is 122 cm³/mol. The van der Waals surface area contributed by atoms with Crippen molar-refractivity contribution >= 4 is 58.3 Å². The molecule has 0 unspecified atom stereocenters. The molecular formula is C19H27ClIN5O. The molecule has 0 bridgehead atoms. The number of H-pyrrole nitrogens is 1. The predicted octanol–water partition coefficient (Wildman–Crippen LogP) is 3.11. The van der Waals surface area contributed by atoms with E-state index in [4.69, 9.17) is 16.6 Å². The van der Waals surface area contributed by atoms with Crippen LogP contribution in [0.4, 0.5) is 0 Å². The third-order valence-electron chi connectivity index (χ3n) is 4.73. The number of hydrogen-bond acceptors (Lipinski definition) is 2. The highest BCUT2D eigenvalue weighted by Gasteiger charge is 2.20. The van der Waals surface area contributed by atoms with E-state index in [-0.39, 0.29) is 29.9 Å². The number of aromatic amines is 1. The van der Waals surface area contributed by atoms with Crippen LogP contribution in [0.15, 0.2) is 29.4 Å². The fourth-order valence-corrected chi connectivity index (χ4v) is 3.47. The summed E-state index contributed by atoms with van der Waals surface area (Å²) in [6.45, 7) is 8.36. The Morgan fingerprint density at radius 2 is 1.96 bits per heavy atom. The third-order valence-corrected chi connectivity index (χ3v) is 4.97. The van der Waals surface area contributed by atoms with Gasteiger partial charge in [0.2, 0.25) is 5.91 Å². The summed E-state index contributed by atoms with van der Waals surface area (Å²) in [7, 11) is 0.